The number of aryl methyl sites for hydroxylation is 1. The summed E-state index contributed by atoms with van der Waals surface area (Å²) in [6.45, 7) is 3.52. The number of carbonyl (C=O) groups is 1. The first-order valence-corrected chi connectivity index (χ1v) is 8.45. The smallest absolute Gasteiger partial charge is 0.276 e. The van der Waals surface area contributed by atoms with E-state index in [2.05, 4.69) is 20.6 Å². The van der Waals surface area contributed by atoms with Gasteiger partial charge >= 0.3 is 0 Å². The molecule has 2 aromatic heterocycles. The lowest BCUT2D eigenvalue weighted by molar-refractivity contribution is 0.102. The summed E-state index contributed by atoms with van der Waals surface area (Å²) in [5.41, 5.74) is 0.405. The van der Waals surface area contributed by atoms with Crippen molar-refractivity contribution < 1.29 is 9.53 Å². The van der Waals surface area contributed by atoms with Crippen molar-refractivity contribution in [1.82, 2.24) is 9.97 Å². The van der Waals surface area contributed by atoms with Gasteiger partial charge in [-0.25, -0.2) is 9.97 Å². The van der Waals surface area contributed by atoms with E-state index in [0.717, 1.165) is 36.0 Å². The fourth-order valence-corrected chi connectivity index (χ4v) is 3.40. The standard InChI is InChI=1S/C13H16N4O2S2/c1-8-5-14-13(21-8)17-11(18)10-7-20-12(16-10)15-6-9-3-2-4-19-9/h5,7,9H,2-4,6H2,1H3,(H,15,16)(H,14,17,18). The third-order valence-corrected chi connectivity index (χ3v) is 4.71. The number of hydrogen-bond donors (Lipinski definition) is 2. The molecule has 2 N–H and O–H groups in total. The van der Waals surface area contributed by atoms with E-state index in [-0.39, 0.29) is 12.0 Å². The van der Waals surface area contributed by atoms with Crippen LogP contribution in [0.4, 0.5) is 10.3 Å². The predicted molar refractivity (Wildman–Crippen MR) is 84.4 cm³/mol. The molecule has 1 aliphatic heterocycles. The maximum atomic E-state index is 12.0. The van der Waals surface area contributed by atoms with Crippen LogP contribution in [0.3, 0.4) is 0 Å². The molecule has 3 heterocycles. The number of nitrogens with one attached hydrogen (secondary N) is 2. The third kappa shape index (κ3) is 3.78. The molecule has 21 heavy (non-hydrogen) atoms. The molecule has 8 heteroatoms. The molecule has 1 aliphatic rings. The first-order valence-electron chi connectivity index (χ1n) is 6.75. The summed E-state index contributed by atoms with van der Waals surface area (Å²) in [5.74, 6) is -0.231. The average Bonchev–Trinajstić information content (AvgIpc) is 3.17. The molecule has 6 nitrogen and oxygen atoms in total. The molecule has 0 bridgehead atoms. The Morgan fingerprint density at radius 2 is 2.43 bits per heavy atom. The molecular formula is C13H16N4O2S2. The van der Waals surface area contributed by atoms with Gasteiger partial charge in [0.1, 0.15) is 5.69 Å². The van der Waals surface area contributed by atoms with E-state index in [4.69, 9.17) is 4.74 Å². The van der Waals surface area contributed by atoms with Gasteiger partial charge in [-0.15, -0.1) is 22.7 Å². The van der Waals surface area contributed by atoms with Gasteiger partial charge in [0.2, 0.25) is 0 Å². The van der Waals surface area contributed by atoms with Crippen molar-refractivity contribution in [2.24, 2.45) is 0 Å². The number of ether oxygens (including phenoxy) is 1. The Bertz CT molecular complexity index is 619. The van der Waals surface area contributed by atoms with E-state index in [1.54, 1.807) is 11.6 Å². The van der Waals surface area contributed by atoms with Crippen LogP contribution < -0.4 is 10.6 Å². The van der Waals surface area contributed by atoms with Gasteiger partial charge in [0.15, 0.2) is 10.3 Å². The highest BCUT2D eigenvalue weighted by Crippen LogP contribution is 2.20. The highest BCUT2D eigenvalue weighted by molar-refractivity contribution is 7.15. The van der Waals surface area contributed by atoms with E-state index >= 15 is 0 Å². The van der Waals surface area contributed by atoms with E-state index in [1.807, 2.05) is 6.92 Å². The maximum absolute atomic E-state index is 12.0. The first kappa shape index (κ1) is 14.4. The molecule has 0 saturated carbocycles. The van der Waals surface area contributed by atoms with Crippen molar-refractivity contribution in [2.45, 2.75) is 25.9 Å². The Labute approximate surface area is 130 Å². The van der Waals surface area contributed by atoms with Crippen LogP contribution in [0.5, 0.6) is 0 Å². The monoisotopic (exact) mass is 324 g/mol. The zero-order valence-electron chi connectivity index (χ0n) is 11.6. The molecule has 3 rings (SSSR count). The minimum Gasteiger partial charge on any atom is -0.376 e. The number of amides is 1. The van der Waals surface area contributed by atoms with E-state index in [1.165, 1.54) is 22.7 Å². The average molecular weight is 324 g/mol. The highest BCUT2D eigenvalue weighted by atomic mass is 32.1. The summed E-state index contributed by atoms with van der Waals surface area (Å²) >= 11 is 2.87. The minimum atomic E-state index is -0.231. The second kappa shape index (κ2) is 6.50. The van der Waals surface area contributed by atoms with Crippen LogP contribution in [0, 0.1) is 6.92 Å². The fraction of sp³-hybridized carbons (Fsp3) is 0.462. The molecule has 1 amide bonds. The molecule has 1 atom stereocenters. The lowest BCUT2D eigenvalue weighted by Gasteiger charge is -2.08. The molecule has 0 aliphatic carbocycles. The number of aromatic nitrogens is 2. The molecule has 1 saturated heterocycles. The summed E-state index contributed by atoms with van der Waals surface area (Å²) in [6.07, 6.45) is 4.18. The quantitative estimate of drug-likeness (QED) is 0.884. The van der Waals surface area contributed by atoms with E-state index in [9.17, 15) is 4.79 Å². The first-order chi connectivity index (χ1) is 10.2. The van der Waals surface area contributed by atoms with Crippen molar-refractivity contribution in [3.8, 4) is 0 Å². The van der Waals surface area contributed by atoms with Gasteiger partial charge in [-0.2, -0.15) is 0 Å². The number of anilines is 2. The highest BCUT2D eigenvalue weighted by Gasteiger charge is 2.17. The van der Waals surface area contributed by atoms with Gasteiger partial charge in [0.25, 0.3) is 5.91 Å². The zero-order chi connectivity index (χ0) is 14.7. The van der Waals surface area contributed by atoms with Gasteiger partial charge in [0.05, 0.1) is 6.10 Å². The third-order valence-electron chi connectivity index (χ3n) is 3.08. The van der Waals surface area contributed by atoms with Crippen molar-refractivity contribution in [1.29, 1.82) is 0 Å². The van der Waals surface area contributed by atoms with Crippen LogP contribution >= 0.6 is 22.7 Å². The van der Waals surface area contributed by atoms with Crippen LogP contribution in [0.2, 0.25) is 0 Å². The van der Waals surface area contributed by atoms with Crippen molar-refractivity contribution in [2.75, 3.05) is 23.8 Å². The summed E-state index contributed by atoms with van der Waals surface area (Å²) in [6, 6.07) is 0. The van der Waals surface area contributed by atoms with Crippen molar-refractivity contribution in [3.05, 3.63) is 22.1 Å². The maximum Gasteiger partial charge on any atom is 0.276 e. The summed E-state index contributed by atoms with van der Waals surface area (Å²) in [5, 5.41) is 9.05. The van der Waals surface area contributed by atoms with Crippen LogP contribution in [0.15, 0.2) is 11.6 Å². The molecule has 0 aromatic carbocycles. The van der Waals surface area contributed by atoms with Crippen LogP contribution in [0.25, 0.3) is 0 Å². The van der Waals surface area contributed by atoms with Gasteiger partial charge in [0, 0.05) is 29.6 Å². The number of rotatable bonds is 5. The molecular weight excluding hydrogens is 308 g/mol. The zero-order valence-corrected chi connectivity index (χ0v) is 13.2. The fourth-order valence-electron chi connectivity index (χ4n) is 2.04. The topological polar surface area (TPSA) is 76.1 Å². The Morgan fingerprint density at radius 3 is 3.14 bits per heavy atom. The Kier molecular flexibility index (Phi) is 4.47. The SMILES string of the molecule is Cc1cnc(NC(=O)c2csc(NCC3CCCO3)n2)s1. The number of hydrogen-bond acceptors (Lipinski definition) is 7. The largest absolute Gasteiger partial charge is 0.376 e. The lowest BCUT2D eigenvalue weighted by Crippen LogP contribution is -2.18. The second-order valence-electron chi connectivity index (χ2n) is 4.78. The molecule has 112 valence electrons. The van der Waals surface area contributed by atoms with Gasteiger partial charge < -0.3 is 10.1 Å². The summed E-state index contributed by atoms with van der Waals surface area (Å²) < 4.78 is 5.54. The Balaban J connectivity index is 1.54. The Morgan fingerprint density at radius 1 is 1.52 bits per heavy atom. The lowest BCUT2D eigenvalue weighted by atomic mass is 10.2. The normalized spacial score (nSPS) is 17.9. The van der Waals surface area contributed by atoms with Crippen LogP contribution in [0.1, 0.15) is 28.2 Å². The molecule has 1 unspecified atom stereocenters. The van der Waals surface area contributed by atoms with Gasteiger partial charge in [-0.1, -0.05) is 0 Å². The molecule has 2 aromatic rings. The van der Waals surface area contributed by atoms with E-state index < -0.39 is 0 Å². The molecule has 0 spiro atoms. The summed E-state index contributed by atoms with van der Waals surface area (Å²) in [4.78, 5) is 21.5. The Hall–Kier alpha value is -1.51. The number of carbonyl (C=O) groups excluding carboxylic acids is 1. The number of thiazole rings is 2. The van der Waals surface area contributed by atoms with Gasteiger partial charge in [-0.3, -0.25) is 10.1 Å². The molecule has 1 fully saturated rings. The summed E-state index contributed by atoms with van der Waals surface area (Å²) in [7, 11) is 0. The van der Waals surface area contributed by atoms with Gasteiger partial charge in [-0.05, 0) is 19.8 Å². The van der Waals surface area contributed by atoms with Crippen molar-refractivity contribution in [3.63, 3.8) is 0 Å². The van der Waals surface area contributed by atoms with E-state index in [0.29, 0.717) is 10.8 Å². The number of nitrogens with zero attached hydrogens (tertiary/aromatic N) is 2. The second-order valence-corrected chi connectivity index (χ2v) is 6.88. The van der Waals surface area contributed by atoms with Crippen molar-refractivity contribution >= 4 is 38.8 Å². The predicted octanol–water partition coefficient (Wildman–Crippen LogP) is 2.75. The molecule has 0 radical (unpaired) electrons. The van der Waals surface area contributed by atoms with Crippen LogP contribution in [-0.4, -0.2) is 35.1 Å². The minimum absolute atomic E-state index is 0.231. The van der Waals surface area contributed by atoms with Crippen LogP contribution in [-0.2, 0) is 4.74 Å².